The number of rotatable bonds is 2. The van der Waals surface area contributed by atoms with Crippen LogP contribution in [-0.4, -0.2) is 18.4 Å². The molecule has 0 aliphatic carbocycles. The minimum Gasteiger partial charge on any atom is -0.309 e. The Morgan fingerprint density at radius 3 is 1.80 bits per heavy atom. The Kier molecular flexibility index (Phi) is 5.38. The van der Waals surface area contributed by atoms with Gasteiger partial charge in [-0.2, -0.15) is 0 Å². The molecule has 0 saturated carbocycles. The quantitative estimate of drug-likeness (QED) is 0.173. The fourth-order valence-corrected chi connectivity index (χ4v) is 11.2. The molecule has 0 radical (unpaired) electrons. The van der Waals surface area contributed by atoms with Gasteiger partial charge < -0.3 is 8.97 Å². The van der Waals surface area contributed by atoms with E-state index in [1.807, 2.05) is 0 Å². The smallest absolute Gasteiger partial charge is 0.146 e. The highest BCUT2D eigenvalue weighted by Crippen LogP contribution is 2.50. The van der Waals surface area contributed by atoms with E-state index in [2.05, 4.69) is 195 Å². The van der Waals surface area contributed by atoms with Gasteiger partial charge in [-0.3, -0.25) is 4.40 Å². The van der Waals surface area contributed by atoms with E-state index in [1.54, 1.807) is 0 Å². The molecule has 15 aromatic rings. The van der Waals surface area contributed by atoms with Crippen molar-refractivity contribution < 1.29 is 0 Å². The van der Waals surface area contributed by atoms with Crippen LogP contribution in [0.5, 0.6) is 0 Å². The molecule has 0 N–H and O–H groups in total. The summed E-state index contributed by atoms with van der Waals surface area (Å²) in [5, 5.41) is 17.6. The number of fused-ring (bicyclic) bond motifs is 19. The van der Waals surface area contributed by atoms with Crippen LogP contribution in [0.1, 0.15) is 0 Å². The van der Waals surface area contributed by atoms with E-state index in [0.29, 0.717) is 0 Å². The first-order valence-electron chi connectivity index (χ1n) is 20.4. The third-order valence-corrected chi connectivity index (χ3v) is 13.5. The molecule has 0 unspecified atom stereocenters. The summed E-state index contributed by atoms with van der Waals surface area (Å²) in [6.07, 6.45) is 2.15. The number of para-hydroxylation sites is 4. The Hall–Kier alpha value is -7.95. The molecule has 4 heteroatoms. The third-order valence-electron chi connectivity index (χ3n) is 13.5. The van der Waals surface area contributed by atoms with Gasteiger partial charge in [-0.25, -0.2) is 4.98 Å². The minimum atomic E-state index is 1.01. The van der Waals surface area contributed by atoms with E-state index in [4.69, 9.17) is 4.98 Å². The second kappa shape index (κ2) is 10.5. The highest BCUT2D eigenvalue weighted by Gasteiger charge is 2.28. The Labute approximate surface area is 335 Å². The van der Waals surface area contributed by atoms with Crippen LogP contribution in [0.25, 0.3) is 136 Å². The Morgan fingerprint density at radius 2 is 0.966 bits per heavy atom. The average Bonchev–Trinajstić information content (AvgIpc) is 4.08. The van der Waals surface area contributed by atoms with Gasteiger partial charge >= 0.3 is 0 Å². The van der Waals surface area contributed by atoms with E-state index in [9.17, 15) is 0 Å². The summed E-state index contributed by atoms with van der Waals surface area (Å²) in [5.41, 5.74) is 13.1. The molecule has 0 aliphatic heterocycles. The van der Waals surface area contributed by atoms with E-state index in [0.717, 1.165) is 16.9 Å². The monoisotopic (exact) mass is 746 g/mol. The molecule has 15 rings (SSSR count). The zero-order chi connectivity index (χ0) is 38.1. The summed E-state index contributed by atoms with van der Waals surface area (Å²) in [7, 11) is 0. The Bertz CT molecular complexity index is 4300. The summed E-state index contributed by atoms with van der Waals surface area (Å²) >= 11 is 0. The minimum absolute atomic E-state index is 1.01. The highest BCUT2D eigenvalue weighted by atomic mass is 15.0. The van der Waals surface area contributed by atoms with Gasteiger partial charge in [0.05, 0.1) is 44.8 Å². The summed E-state index contributed by atoms with van der Waals surface area (Å²) < 4.78 is 7.38. The molecule has 0 aliphatic rings. The average molecular weight is 747 g/mol. The van der Waals surface area contributed by atoms with Crippen LogP contribution in [0.15, 0.2) is 182 Å². The zero-order valence-electron chi connectivity index (χ0n) is 31.6. The van der Waals surface area contributed by atoms with Crippen LogP contribution in [0.3, 0.4) is 0 Å². The molecule has 59 heavy (non-hydrogen) atoms. The largest absolute Gasteiger partial charge is 0.309 e. The molecule has 270 valence electrons. The molecule has 4 nitrogen and oxygen atoms in total. The first-order chi connectivity index (χ1) is 29.3. The fourth-order valence-electron chi connectivity index (χ4n) is 11.2. The second-order valence-electron chi connectivity index (χ2n) is 16.3. The van der Waals surface area contributed by atoms with E-state index in [1.165, 1.54) is 120 Å². The number of hydrogen-bond donors (Lipinski definition) is 0. The summed E-state index contributed by atoms with van der Waals surface area (Å²) in [6, 6.07) is 65.0. The molecule has 0 bridgehead atoms. The number of hydrogen-bond acceptors (Lipinski definition) is 1. The lowest BCUT2D eigenvalue weighted by Crippen LogP contribution is -1.93. The number of benzene rings is 9. The lowest BCUT2D eigenvalue weighted by molar-refractivity contribution is 1.18. The summed E-state index contributed by atoms with van der Waals surface area (Å²) in [4.78, 5) is 5.47. The van der Waals surface area contributed by atoms with Gasteiger partial charge in [0.15, 0.2) is 0 Å². The van der Waals surface area contributed by atoms with Crippen LogP contribution < -0.4 is 0 Å². The Morgan fingerprint density at radius 1 is 0.339 bits per heavy atom. The van der Waals surface area contributed by atoms with E-state index >= 15 is 0 Å². The standard InChI is InChI=1S/C55H30N4/c1-2-15-34(16-3-1)57-44-23-10-8-19-37(44)41-29-33(25-26-46(41)57)48-35-17-6-4-13-31(35)28-43-39-21-12-22-40-49-47(58(52(39)40)53(43)48)30-56-55-51(49)50-36-18-7-5-14-32(36)27-42-38-20-9-11-24-45(38)59(55)54(42)50/h1-30H. The highest BCUT2D eigenvalue weighted by molar-refractivity contribution is 6.39. The second-order valence-corrected chi connectivity index (χ2v) is 16.3. The van der Waals surface area contributed by atoms with Crippen molar-refractivity contribution in [2.45, 2.75) is 0 Å². The van der Waals surface area contributed by atoms with Gasteiger partial charge in [0.25, 0.3) is 0 Å². The molecule has 6 heterocycles. The normalized spacial score (nSPS) is 12.7. The topological polar surface area (TPSA) is 26.6 Å². The van der Waals surface area contributed by atoms with Gasteiger partial charge in [-0.15, -0.1) is 0 Å². The van der Waals surface area contributed by atoms with E-state index < -0.39 is 0 Å². The predicted octanol–water partition coefficient (Wildman–Crippen LogP) is 14.5. The van der Waals surface area contributed by atoms with Crippen LogP contribution in [0.2, 0.25) is 0 Å². The number of pyridine rings is 1. The van der Waals surface area contributed by atoms with Crippen LogP contribution in [0.4, 0.5) is 0 Å². The third kappa shape index (κ3) is 3.56. The van der Waals surface area contributed by atoms with Gasteiger partial charge in [-0.1, -0.05) is 127 Å². The van der Waals surface area contributed by atoms with Crippen molar-refractivity contribution in [3.63, 3.8) is 0 Å². The molecule has 6 aromatic heterocycles. The lowest BCUT2D eigenvalue weighted by Gasteiger charge is -2.12. The SMILES string of the molecule is c1ccc(-n2c3ccccc3c3cc(-c4c5ccccc5cc5c6cccc7c8c9c%10c%11ccccc%11cc%11c%12ccccc%12n(c9ncc8n(c45)c67)c%11%10)ccc32)cc1. The predicted molar refractivity (Wildman–Crippen MR) is 248 cm³/mol. The molecule has 0 fully saturated rings. The molecule has 0 atom stereocenters. The number of aromatic nitrogens is 4. The summed E-state index contributed by atoms with van der Waals surface area (Å²) in [5.74, 6) is 0. The Balaban J connectivity index is 1.14. The molecular weight excluding hydrogens is 717 g/mol. The maximum atomic E-state index is 5.47. The van der Waals surface area contributed by atoms with Crippen LogP contribution in [-0.2, 0) is 0 Å². The van der Waals surface area contributed by atoms with Crippen LogP contribution in [0, 0.1) is 0 Å². The summed E-state index contributed by atoms with van der Waals surface area (Å²) in [6.45, 7) is 0. The van der Waals surface area contributed by atoms with Gasteiger partial charge in [0.1, 0.15) is 5.65 Å². The van der Waals surface area contributed by atoms with Crippen LogP contribution >= 0.6 is 0 Å². The lowest BCUT2D eigenvalue weighted by atomic mass is 9.93. The van der Waals surface area contributed by atoms with Gasteiger partial charge in [0, 0.05) is 65.1 Å². The van der Waals surface area contributed by atoms with Gasteiger partial charge in [0.2, 0.25) is 0 Å². The first kappa shape index (κ1) is 30.2. The van der Waals surface area contributed by atoms with Crippen molar-refractivity contribution in [3.8, 4) is 16.8 Å². The fraction of sp³-hybridized carbons (Fsp3) is 0. The van der Waals surface area contributed by atoms with Crippen molar-refractivity contribution in [1.82, 2.24) is 18.4 Å². The molecule has 9 aromatic carbocycles. The first-order valence-corrected chi connectivity index (χ1v) is 20.4. The van der Waals surface area contributed by atoms with Crippen molar-refractivity contribution in [1.29, 1.82) is 0 Å². The molecular formula is C55H30N4. The molecule has 0 saturated heterocycles. The van der Waals surface area contributed by atoms with E-state index in [-0.39, 0.29) is 0 Å². The maximum absolute atomic E-state index is 5.47. The van der Waals surface area contributed by atoms with Gasteiger partial charge in [-0.05, 0) is 75.6 Å². The van der Waals surface area contributed by atoms with Crippen molar-refractivity contribution in [3.05, 3.63) is 182 Å². The van der Waals surface area contributed by atoms with Crippen molar-refractivity contribution >= 4 is 120 Å². The maximum Gasteiger partial charge on any atom is 0.146 e. The number of nitrogens with zero attached hydrogens (tertiary/aromatic N) is 4. The zero-order valence-corrected chi connectivity index (χ0v) is 31.6. The van der Waals surface area contributed by atoms with Crippen molar-refractivity contribution in [2.75, 3.05) is 0 Å². The molecule has 0 spiro atoms. The van der Waals surface area contributed by atoms with Crippen molar-refractivity contribution in [2.24, 2.45) is 0 Å². The molecule has 0 amide bonds.